The zero-order valence-corrected chi connectivity index (χ0v) is 14.2. The van der Waals surface area contributed by atoms with Gasteiger partial charge in [0.15, 0.2) is 0 Å². The van der Waals surface area contributed by atoms with Crippen molar-refractivity contribution in [2.75, 3.05) is 0 Å². The maximum absolute atomic E-state index is 13.0. The molecule has 4 rings (SSSR count). The average molecular weight is 369 g/mol. The number of hydrogen-bond donors (Lipinski definition) is 0. The zero-order valence-electron chi connectivity index (χ0n) is 14.2. The second-order valence-corrected chi connectivity index (χ2v) is 6.04. The Morgan fingerprint density at radius 3 is 2.52 bits per heavy atom. The van der Waals surface area contributed by atoms with E-state index in [2.05, 4.69) is 10.1 Å². The van der Waals surface area contributed by atoms with Gasteiger partial charge in [0.05, 0.1) is 23.1 Å². The molecule has 0 aliphatic carbocycles. The molecule has 0 saturated carbocycles. The Kier molecular flexibility index (Phi) is 4.07. The average Bonchev–Trinajstić information content (AvgIpc) is 3.28. The lowest BCUT2D eigenvalue weighted by atomic mass is 10.0. The minimum atomic E-state index is -4.40. The van der Waals surface area contributed by atoms with Crippen LogP contribution in [0.25, 0.3) is 28.2 Å². The Balaban J connectivity index is 1.76. The van der Waals surface area contributed by atoms with E-state index in [4.69, 9.17) is 4.52 Å². The molecule has 0 aliphatic rings. The molecular weight excluding hydrogens is 355 g/mol. The van der Waals surface area contributed by atoms with Crippen LogP contribution < -0.4 is 0 Å². The number of imidazole rings is 1. The minimum absolute atomic E-state index is 0.374. The summed E-state index contributed by atoms with van der Waals surface area (Å²) in [6.07, 6.45) is -1.25. The van der Waals surface area contributed by atoms with Gasteiger partial charge in [-0.05, 0) is 25.1 Å². The van der Waals surface area contributed by atoms with Crippen LogP contribution in [0.3, 0.4) is 0 Å². The fourth-order valence-corrected chi connectivity index (χ4v) is 2.90. The third kappa shape index (κ3) is 3.23. The highest BCUT2D eigenvalue weighted by Crippen LogP contribution is 2.34. The lowest BCUT2D eigenvalue weighted by Crippen LogP contribution is -2.05. The lowest BCUT2D eigenvalue weighted by Gasteiger charge is -2.08. The first-order valence-corrected chi connectivity index (χ1v) is 8.17. The SMILES string of the molecule is Cc1onc(-c2ccccc2)c1-c1cn(-c2cccc(C(F)(F)F)c2)cn1. The van der Waals surface area contributed by atoms with Crippen LogP contribution in [0, 0.1) is 6.92 Å². The van der Waals surface area contributed by atoms with Gasteiger partial charge >= 0.3 is 6.18 Å². The Morgan fingerprint density at radius 2 is 1.78 bits per heavy atom. The molecule has 0 fully saturated rings. The summed E-state index contributed by atoms with van der Waals surface area (Å²) in [6, 6.07) is 14.6. The van der Waals surface area contributed by atoms with Crippen LogP contribution in [0.5, 0.6) is 0 Å². The normalized spacial score (nSPS) is 11.7. The maximum Gasteiger partial charge on any atom is 0.416 e. The Labute approximate surface area is 152 Å². The van der Waals surface area contributed by atoms with E-state index in [1.807, 2.05) is 30.3 Å². The summed E-state index contributed by atoms with van der Waals surface area (Å²) in [4.78, 5) is 4.36. The summed E-state index contributed by atoms with van der Waals surface area (Å²) in [5.74, 6) is 0.586. The number of nitrogens with zero attached hydrogens (tertiary/aromatic N) is 3. The summed E-state index contributed by atoms with van der Waals surface area (Å²) in [5.41, 5.74) is 2.47. The number of aromatic nitrogens is 3. The van der Waals surface area contributed by atoms with Gasteiger partial charge < -0.3 is 9.09 Å². The molecule has 0 atom stereocenters. The molecule has 4 nitrogen and oxygen atoms in total. The third-order valence-corrected chi connectivity index (χ3v) is 4.22. The predicted molar refractivity (Wildman–Crippen MR) is 94.2 cm³/mol. The predicted octanol–water partition coefficient (Wildman–Crippen LogP) is 5.52. The minimum Gasteiger partial charge on any atom is -0.360 e. The molecule has 2 heterocycles. The van der Waals surface area contributed by atoms with E-state index in [1.165, 1.54) is 12.4 Å². The highest BCUT2D eigenvalue weighted by Gasteiger charge is 2.30. The number of hydrogen-bond acceptors (Lipinski definition) is 3. The zero-order chi connectivity index (χ0) is 19.0. The first-order valence-electron chi connectivity index (χ1n) is 8.17. The molecule has 0 spiro atoms. The molecule has 136 valence electrons. The number of halogens is 3. The van der Waals surface area contributed by atoms with Crippen molar-refractivity contribution >= 4 is 0 Å². The van der Waals surface area contributed by atoms with Crippen LogP contribution in [0.1, 0.15) is 11.3 Å². The van der Waals surface area contributed by atoms with Gasteiger partial charge in [0.2, 0.25) is 0 Å². The Bertz CT molecular complexity index is 1080. The van der Waals surface area contributed by atoms with Gasteiger partial charge in [0.1, 0.15) is 11.5 Å². The van der Waals surface area contributed by atoms with Gasteiger partial charge in [-0.25, -0.2) is 4.98 Å². The van der Waals surface area contributed by atoms with Gasteiger partial charge in [-0.15, -0.1) is 0 Å². The van der Waals surface area contributed by atoms with E-state index in [0.29, 0.717) is 28.4 Å². The van der Waals surface area contributed by atoms with E-state index >= 15 is 0 Å². The fraction of sp³-hybridized carbons (Fsp3) is 0.100. The Morgan fingerprint density at radius 1 is 1.00 bits per heavy atom. The quantitative estimate of drug-likeness (QED) is 0.477. The first-order chi connectivity index (χ1) is 12.9. The van der Waals surface area contributed by atoms with E-state index in [0.717, 1.165) is 17.7 Å². The van der Waals surface area contributed by atoms with Crippen molar-refractivity contribution in [3.05, 3.63) is 78.4 Å². The van der Waals surface area contributed by atoms with Crippen molar-refractivity contribution in [2.45, 2.75) is 13.1 Å². The van der Waals surface area contributed by atoms with Crippen molar-refractivity contribution < 1.29 is 17.7 Å². The highest BCUT2D eigenvalue weighted by atomic mass is 19.4. The molecule has 0 unspecified atom stereocenters. The topological polar surface area (TPSA) is 43.9 Å². The first kappa shape index (κ1) is 17.1. The molecule has 2 aromatic carbocycles. The standard InChI is InChI=1S/C20H14F3N3O/c1-13-18(19(25-27-13)14-6-3-2-4-7-14)17-11-26(12-24-17)16-9-5-8-15(10-16)20(21,22)23/h2-12H,1H3. The van der Waals surface area contributed by atoms with Crippen molar-refractivity contribution in [3.63, 3.8) is 0 Å². The molecule has 7 heteroatoms. The van der Waals surface area contributed by atoms with Gasteiger partial charge in [-0.1, -0.05) is 41.6 Å². The van der Waals surface area contributed by atoms with E-state index in [9.17, 15) is 13.2 Å². The number of alkyl halides is 3. The van der Waals surface area contributed by atoms with Crippen LogP contribution in [-0.2, 0) is 6.18 Å². The van der Waals surface area contributed by atoms with Crippen LogP contribution in [-0.4, -0.2) is 14.7 Å². The van der Waals surface area contributed by atoms with Gasteiger partial charge in [-0.2, -0.15) is 13.2 Å². The van der Waals surface area contributed by atoms with Gasteiger partial charge in [0, 0.05) is 17.4 Å². The van der Waals surface area contributed by atoms with Crippen molar-refractivity contribution in [1.29, 1.82) is 0 Å². The van der Waals surface area contributed by atoms with Crippen LogP contribution in [0.4, 0.5) is 13.2 Å². The van der Waals surface area contributed by atoms with Gasteiger partial charge in [-0.3, -0.25) is 0 Å². The van der Waals surface area contributed by atoms with Crippen molar-refractivity contribution in [1.82, 2.24) is 14.7 Å². The second-order valence-electron chi connectivity index (χ2n) is 6.04. The van der Waals surface area contributed by atoms with Crippen LogP contribution >= 0.6 is 0 Å². The van der Waals surface area contributed by atoms with E-state index in [1.54, 1.807) is 23.8 Å². The van der Waals surface area contributed by atoms with Crippen molar-refractivity contribution in [2.24, 2.45) is 0 Å². The number of benzene rings is 2. The summed E-state index contributed by atoms with van der Waals surface area (Å²) < 4.78 is 45.8. The lowest BCUT2D eigenvalue weighted by molar-refractivity contribution is -0.137. The molecule has 0 radical (unpaired) electrons. The molecule has 2 aromatic heterocycles. The van der Waals surface area contributed by atoms with Crippen LogP contribution in [0.2, 0.25) is 0 Å². The molecule has 0 N–H and O–H groups in total. The summed E-state index contributed by atoms with van der Waals surface area (Å²) in [6.45, 7) is 1.78. The number of rotatable bonds is 3. The largest absolute Gasteiger partial charge is 0.416 e. The third-order valence-electron chi connectivity index (χ3n) is 4.22. The molecule has 0 amide bonds. The fourth-order valence-electron chi connectivity index (χ4n) is 2.90. The molecule has 4 aromatic rings. The highest BCUT2D eigenvalue weighted by molar-refractivity contribution is 5.79. The van der Waals surface area contributed by atoms with E-state index in [-0.39, 0.29) is 0 Å². The van der Waals surface area contributed by atoms with Gasteiger partial charge in [0.25, 0.3) is 0 Å². The summed E-state index contributed by atoms with van der Waals surface area (Å²) in [5, 5.41) is 4.12. The Hall–Kier alpha value is -3.35. The maximum atomic E-state index is 13.0. The molecule has 27 heavy (non-hydrogen) atoms. The summed E-state index contributed by atoms with van der Waals surface area (Å²) >= 11 is 0. The van der Waals surface area contributed by atoms with Crippen LogP contribution in [0.15, 0.2) is 71.6 Å². The molecular formula is C20H14F3N3O. The second kappa shape index (κ2) is 6.42. The molecule has 0 saturated heterocycles. The molecule has 0 aliphatic heterocycles. The van der Waals surface area contributed by atoms with Crippen molar-refractivity contribution in [3.8, 4) is 28.2 Å². The van der Waals surface area contributed by atoms with E-state index < -0.39 is 11.7 Å². The monoisotopic (exact) mass is 369 g/mol. The smallest absolute Gasteiger partial charge is 0.360 e. The number of aryl methyl sites for hydroxylation is 1. The molecule has 0 bridgehead atoms. The summed E-state index contributed by atoms with van der Waals surface area (Å²) in [7, 11) is 0.